The summed E-state index contributed by atoms with van der Waals surface area (Å²) >= 11 is 0. The van der Waals surface area contributed by atoms with E-state index in [4.69, 9.17) is 5.73 Å². The molecule has 0 aromatic heterocycles. The third kappa shape index (κ3) is 8.84. The lowest BCUT2D eigenvalue weighted by Gasteiger charge is -2.22. The minimum Gasteiger partial charge on any atom is -0.370 e. The third-order valence-corrected chi connectivity index (χ3v) is 4.39. The molecular formula is C16H29IN4O2S. The lowest BCUT2D eigenvalue weighted by Crippen LogP contribution is -2.45. The fourth-order valence-electron chi connectivity index (χ4n) is 2.14. The normalized spacial score (nSPS) is 14.0. The molecule has 6 nitrogen and oxygen atoms in total. The molecule has 1 aromatic carbocycles. The fraction of sp³-hybridized carbons (Fsp3) is 0.562. The molecule has 24 heavy (non-hydrogen) atoms. The maximum Gasteiger partial charge on any atom is 0.209 e. The molecule has 1 atom stereocenters. The van der Waals surface area contributed by atoms with Crippen LogP contribution in [0.2, 0.25) is 0 Å². The topological polar surface area (TPSA) is 96.6 Å². The molecule has 0 bridgehead atoms. The molecule has 1 unspecified atom stereocenters. The Labute approximate surface area is 162 Å². The smallest absolute Gasteiger partial charge is 0.209 e. The first kappa shape index (κ1) is 23.1. The fourth-order valence-corrected chi connectivity index (χ4v) is 3.20. The van der Waals surface area contributed by atoms with Crippen molar-refractivity contribution in [2.75, 3.05) is 18.1 Å². The number of anilines is 1. The number of nitrogens with one attached hydrogen (secondary N) is 2. The molecular weight excluding hydrogens is 439 g/mol. The second kappa shape index (κ2) is 9.57. The summed E-state index contributed by atoms with van der Waals surface area (Å²) in [4.78, 5) is 4.21. The van der Waals surface area contributed by atoms with E-state index < -0.39 is 15.6 Å². The van der Waals surface area contributed by atoms with Gasteiger partial charge in [-0.05, 0) is 43.9 Å². The van der Waals surface area contributed by atoms with Crippen LogP contribution < -0.4 is 15.8 Å². The van der Waals surface area contributed by atoms with Crippen LogP contribution in [0.1, 0.15) is 45.6 Å². The van der Waals surface area contributed by atoms with Crippen LogP contribution in [0.4, 0.5) is 5.69 Å². The first-order valence-electron chi connectivity index (χ1n) is 7.68. The van der Waals surface area contributed by atoms with Crippen LogP contribution >= 0.6 is 24.0 Å². The minimum atomic E-state index is -3.28. The van der Waals surface area contributed by atoms with Gasteiger partial charge in [0.15, 0.2) is 5.96 Å². The van der Waals surface area contributed by atoms with Crippen molar-refractivity contribution in [3.8, 4) is 0 Å². The van der Waals surface area contributed by atoms with Gasteiger partial charge in [-0.25, -0.2) is 13.1 Å². The summed E-state index contributed by atoms with van der Waals surface area (Å²) in [5.74, 6) is 0.780. The second-order valence-corrected chi connectivity index (χ2v) is 8.26. The summed E-state index contributed by atoms with van der Waals surface area (Å²) in [7, 11) is -3.28. The molecule has 0 fully saturated rings. The van der Waals surface area contributed by atoms with Crippen molar-refractivity contribution in [2.24, 2.45) is 10.7 Å². The van der Waals surface area contributed by atoms with Crippen molar-refractivity contribution in [3.05, 3.63) is 29.8 Å². The predicted octanol–water partition coefficient (Wildman–Crippen LogP) is 2.87. The first-order chi connectivity index (χ1) is 10.5. The van der Waals surface area contributed by atoms with Gasteiger partial charge in [0, 0.05) is 11.2 Å². The monoisotopic (exact) mass is 468 g/mol. The van der Waals surface area contributed by atoms with Gasteiger partial charge in [0.25, 0.3) is 0 Å². The van der Waals surface area contributed by atoms with E-state index in [9.17, 15) is 8.42 Å². The van der Waals surface area contributed by atoms with Crippen LogP contribution in [0.25, 0.3) is 0 Å². The minimum absolute atomic E-state index is 0. The molecule has 0 spiro atoms. The standard InChI is InChI=1S/C16H28N4O2S.HI/c1-6-12(2)13-7-9-14(10-8-13)19-15(17)18-11-16(3,4)20-23(5,21)22;/h7-10,12,20H,6,11H2,1-5H3,(H3,17,18,19);1H. The maximum absolute atomic E-state index is 11.3. The summed E-state index contributed by atoms with van der Waals surface area (Å²) < 4.78 is 25.1. The highest BCUT2D eigenvalue weighted by Crippen LogP contribution is 2.20. The lowest BCUT2D eigenvalue weighted by molar-refractivity contribution is 0.466. The van der Waals surface area contributed by atoms with Gasteiger partial charge in [-0.1, -0.05) is 26.0 Å². The van der Waals surface area contributed by atoms with Crippen LogP contribution in [-0.4, -0.2) is 32.7 Å². The zero-order chi connectivity index (χ0) is 17.7. The summed E-state index contributed by atoms with van der Waals surface area (Å²) in [5.41, 5.74) is 7.31. The molecule has 0 aliphatic carbocycles. The van der Waals surface area contributed by atoms with Gasteiger partial charge in [0.05, 0.1) is 12.8 Å². The largest absolute Gasteiger partial charge is 0.370 e. The molecule has 0 aliphatic rings. The van der Waals surface area contributed by atoms with Gasteiger partial charge in [0.1, 0.15) is 0 Å². The first-order valence-corrected chi connectivity index (χ1v) is 9.57. The number of hydrogen-bond donors (Lipinski definition) is 3. The Morgan fingerprint density at radius 2 is 1.83 bits per heavy atom. The van der Waals surface area contributed by atoms with E-state index in [-0.39, 0.29) is 36.5 Å². The molecule has 4 N–H and O–H groups in total. The van der Waals surface area contributed by atoms with Crippen molar-refractivity contribution in [1.82, 2.24) is 4.72 Å². The molecule has 1 rings (SSSR count). The number of benzene rings is 1. The molecule has 0 saturated carbocycles. The Kier molecular flexibility index (Phi) is 9.22. The molecule has 0 aliphatic heterocycles. The van der Waals surface area contributed by atoms with Gasteiger partial charge in [-0.3, -0.25) is 4.99 Å². The van der Waals surface area contributed by atoms with Crippen molar-refractivity contribution in [1.29, 1.82) is 0 Å². The highest BCUT2D eigenvalue weighted by Gasteiger charge is 2.21. The van der Waals surface area contributed by atoms with Gasteiger partial charge in [0.2, 0.25) is 10.0 Å². The number of sulfonamides is 1. The summed E-state index contributed by atoms with van der Waals surface area (Å²) in [6.45, 7) is 8.10. The Bertz CT molecular complexity index is 643. The Hall–Kier alpha value is -0.870. The van der Waals surface area contributed by atoms with Crippen molar-refractivity contribution in [3.63, 3.8) is 0 Å². The SMILES string of the molecule is CCC(C)c1ccc(NC(N)=NCC(C)(C)NS(C)(=O)=O)cc1.I. The van der Waals surface area contributed by atoms with E-state index in [1.54, 1.807) is 13.8 Å². The predicted molar refractivity (Wildman–Crippen MR) is 113 cm³/mol. The number of rotatable bonds is 7. The zero-order valence-corrected chi connectivity index (χ0v) is 18.1. The lowest BCUT2D eigenvalue weighted by atomic mass is 9.99. The highest BCUT2D eigenvalue weighted by molar-refractivity contribution is 14.0. The van der Waals surface area contributed by atoms with Gasteiger partial charge < -0.3 is 11.1 Å². The average Bonchev–Trinajstić information content (AvgIpc) is 2.43. The quantitative estimate of drug-likeness (QED) is 0.326. The molecule has 138 valence electrons. The van der Waals surface area contributed by atoms with Crippen LogP contribution in [0.3, 0.4) is 0 Å². The van der Waals surface area contributed by atoms with Crippen molar-refractivity contribution < 1.29 is 8.42 Å². The molecule has 0 amide bonds. The maximum atomic E-state index is 11.3. The average molecular weight is 468 g/mol. The number of nitrogens with two attached hydrogens (primary N) is 1. The van der Waals surface area contributed by atoms with E-state index in [2.05, 4.69) is 41.0 Å². The van der Waals surface area contributed by atoms with E-state index in [0.29, 0.717) is 5.92 Å². The molecule has 0 radical (unpaired) electrons. The molecule has 0 heterocycles. The van der Waals surface area contributed by atoms with E-state index in [0.717, 1.165) is 18.4 Å². The number of aliphatic imine (C=N–C) groups is 1. The summed E-state index contributed by atoms with van der Waals surface area (Å²) in [6.07, 6.45) is 2.22. The molecule has 0 saturated heterocycles. The Balaban J connectivity index is 0.00000529. The molecule has 8 heteroatoms. The highest BCUT2D eigenvalue weighted by atomic mass is 127. The number of nitrogens with zero attached hydrogens (tertiary/aromatic N) is 1. The van der Waals surface area contributed by atoms with Crippen LogP contribution in [0, 0.1) is 0 Å². The Morgan fingerprint density at radius 3 is 2.29 bits per heavy atom. The molecule has 1 aromatic rings. The van der Waals surface area contributed by atoms with E-state index >= 15 is 0 Å². The third-order valence-electron chi connectivity index (χ3n) is 3.47. The van der Waals surface area contributed by atoms with Crippen LogP contribution in [0.5, 0.6) is 0 Å². The number of guanidine groups is 1. The van der Waals surface area contributed by atoms with E-state index in [1.165, 1.54) is 5.56 Å². The van der Waals surface area contributed by atoms with Gasteiger partial charge >= 0.3 is 0 Å². The number of hydrogen-bond acceptors (Lipinski definition) is 3. The van der Waals surface area contributed by atoms with Crippen molar-refractivity contribution >= 4 is 45.6 Å². The van der Waals surface area contributed by atoms with Gasteiger partial charge in [-0.2, -0.15) is 0 Å². The second-order valence-electron chi connectivity index (χ2n) is 6.52. The number of halogens is 1. The van der Waals surface area contributed by atoms with E-state index in [1.807, 2.05) is 12.1 Å². The van der Waals surface area contributed by atoms with Gasteiger partial charge in [-0.15, -0.1) is 24.0 Å². The summed E-state index contributed by atoms with van der Waals surface area (Å²) in [5, 5.41) is 3.01. The van der Waals surface area contributed by atoms with Crippen LogP contribution in [0.15, 0.2) is 29.3 Å². The Morgan fingerprint density at radius 1 is 1.29 bits per heavy atom. The van der Waals surface area contributed by atoms with Crippen molar-refractivity contribution in [2.45, 2.75) is 45.6 Å². The van der Waals surface area contributed by atoms with Crippen LogP contribution in [-0.2, 0) is 10.0 Å². The summed E-state index contributed by atoms with van der Waals surface area (Å²) in [6, 6.07) is 8.06. The zero-order valence-electron chi connectivity index (χ0n) is 15.0.